The number of para-hydroxylation sites is 1. The Morgan fingerprint density at radius 1 is 1.35 bits per heavy atom. The van der Waals surface area contributed by atoms with Crippen LogP contribution < -0.4 is 16.4 Å². The van der Waals surface area contributed by atoms with Crippen LogP contribution in [-0.4, -0.2) is 25.0 Å². The number of hydrogen-bond donors (Lipinski definition) is 3. The maximum atomic E-state index is 11.6. The molecule has 0 fully saturated rings. The van der Waals surface area contributed by atoms with Gasteiger partial charge < -0.3 is 16.4 Å². The summed E-state index contributed by atoms with van der Waals surface area (Å²) in [4.78, 5) is 11.6. The zero-order chi connectivity index (χ0) is 12.5. The van der Waals surface area contributed by atoms with Crippen LogP contribution in [0, 0.1) is 0 Å². The maximum Gasteiger partial charge on any atom is 0.222 e. The second-order valence-electron chi connectivity index (χ2n) is 4.00. The Morgan fingerprint density at radius 3 is 2.65 bits per heavy atom. The smallest absolute Gasteiger partial charge is 0.222 e. The fourth-order valence-corrected chi connectivity index (χ4v) is 1.52. The van der Waals surface area contributed by atoms with Gasteiger partial charge in [-0.3, -0.25) is 4.79 Å². The van der Waals surface area contributed by atoms with Crippen molar-refractivity contribution in [2.75, 3.05) is 18.4 Å². The summed E-state index contributed by atoms with van der Waals surface area (Å²) in [6.07, 6.45) is 1.36. The van der Waals surface area contributed by atoms with Crippen molar-refractivity contribution in [1.82, 2.24) is 5.32 Å². The van der Waals surface area contributed by atoms with Crippen molar-refractivity contribution in [2.24, 2.45) is 5.73 Å². The number of carbonyl (C=O) groups excluding carboxylic acids is 1. The summed E-state index contributed by atoms with van der Waals surface area (Å²) in [5, 5.41) is 6.10. The summed E-state index contributed by atoms with van der Waals surface area (Å²) in [6, 6.07) is 9.77. The monoisotopic (exact) mass is 235 g/mol. The first-order chi connectivity index (χ1) is 8.26. The third-order valence-corrected chi connectivity index (χ3v) is 2.43. The molecule has 1 amide bonds. The summed E-state index contributed by atoms with van der Waals surface area (Å²) < 4.78 is 0. The maximum absolute atomic E-state index is 11.6. The van der Waals surface area contributed by atoms with Gasteiger partial charge in [-0.2, -0.15) is 0 Å². The van der Waals surface area contributed by atoms with E-state index in [0.717, 1.165) is 18.7 Å². The van der Waals surface area contributed by atoms with E-state index in [-0.39, 0.29) is 11.9 Å². The van der Waals surface area contributed by atoms with Gasteiger partial charge in [-0.15, -0.1) is 0 Å². The third-order valence-electron chi connectivity index (χ3n) is 2.43. The summed E-state index contributed by atoms with van der Waals surface area (Å²) >= 11 is 0. The standard InChI is InChI=1S/C13H21N3O/c1-2-8-15-13(17)9-12(10-14)16-11-6-4-3-5-7-11/h3-7,12,16H,2,8-10,14H2,1H3,(H,15,17). The van der Waals surface area contributed by atoms with Crippen LogP contribution in [0.2, 0.25) is 0 Å². The lowest BCUT2D eigenvalue weighted by atomic mass is 10.2. The van der Waals surface area contributed by atoms with Crippen molar-refractivity contribution in [2.45, 2.75) is 25.8 Å². The lowest BCUT2D eigenvalue weighted by molar-refractivity contribution is -0.121. The quantitative estimate of drug-likeness (QED) is 0.668. The second kappa shape index (κ2) is 7.68. The summed E-state index contributed by atoms with van der Waals surface area (Å²) in [5.74, 6) is 0.0470. The van der Waals surface area contributed by atoms with Crippen molar-refractivity contribution < 1.29 is 4.79 Å². The zero-order valence-corrected chi connectivity index (χ0v) is 10.3. The van der Waals surface area contributed by atoms with Gasteiger partial charge in [0.25, 0.3) is 0 Å². The molecule has 1 unspecified atom stereocenters. The molecule has 4 heteroatoms. The summed E-state index contributed by atoms with van der Waals surface area (Å²) in [6.45, 7) is 3.19. The summed E-state index contributed by atoms with van der Waals surface area (Å²) in [7, 11) is 0. The second-order valence-corrected chi connectivity index (χ2v) is 4.00. The molecule has 0 aliphatic rings. The Kier molecular flexibility index (Phi) is 6.10. The minimum absolute atomic E-state index is 0.0192. The average Bonchev–Trinajstić information content (AvgIpc) is 2.36. The fourth-order valence-electron chi connectivity index (χ4n) is 1.52. The van der Waals surface area contributed by atoms with E-state index in [4.69, 9.17) is 5.73 Å². The number of nitrogens with two attached hydrogens (primary N) is 1. The fraction of sp³-hybridized carbons (Fsp3) is 0.462. The van der Waals surface area contributed by atoms with E-state index in [0.29, 0.717) is 13.0 Å². The highest BCUT2D eigenvalue weighted by molar-refractivity contribution is 5.77. The van der Waals surface area contributed by atoms with Gasteiger partial charge in [0.2, 0.25) is 5.91 Å². The molecule has 4 N–H and O–H groups in total. The van der Waals surface area contributed by atoms with Crippen molar-refractivity contribution in [3.05, 3.63) is 30.3 Å². The van der Waals surface area contributed by atoms with Crippen molar-refractivity contribution in [3.8, 4) is 0 Å². The van der Waals surface area contributed by atoms with Crippen LogP contribution in [0.4, 0.5) is 5.69 Å². The molecule has 1 rings (SSSR count). The third kappa shape index (κ3) is 5.36. The van der Waals surface area contributed by atoms with E-state index in [1.54, 1.807) is 0 Å². The Hall–Kier alpha value is -1.55. The molecule has 1 atom stereocenters. The molecular formula is C13H21N3O. The Bertz CT molecular complexity index is 327. The largest absolute Gasteiger partial charge is 0.381 e. The molecule has 0 heterocycles. The number of benzene rings is 1. The van der Waals surface area contributed by atoms with Gasteiger partial charge in [-0.05, 0) is 18.6 Å². The average molecular weight is 235 g/mol. The molecule has 0 radical (unpaired) electrons. The number of carbonyl (C=O) groups is 1. The number of anilines is 1. The van der Waals surface area contributed by atoms with E-state index in [2.05, 4.69) is 10.6 Å². The van der Waals surface area contributed by atoms with Crippen LogP contribution in [0.1, 0.15) is 19.8 Å². The molecule has 0 bridgehead atoms. The lowest BCUT2D eigenvalue weighted by Gasteiger charge is -2.17. The molecule has 0 aliphatic carbocycles. The predicted octanol–water partition coefficient (Wildman–Crippen LogP) is 1.34. The van der Waals surface area contributed by atoms with E-state index < -0.39 is 0 Å². The van der Waals surface area contributed by atoms with Crippen LogP contribution in [0.5, 0.6) is 0 Å². The van der Waals surface area contributed by atoms with E-state index in [1.165, 1.54) is 0 Å². The zero-order valence-electron chi connectivity index (χ0n) is 10.3. The molecule has 0 spiro atoms. The molecule has 94 valence electrons. The highest BCUT2D eigenvalue weighted by Gasteiger charge is 2.11. The molecule has 0 saturated heterocycles. The van der Waals surface area contributed by atoms with Gasteiger partial charge in [-0.25, -0.2) is 0 Å². The van der Waals surface area contributed by atoms with E-state index in [9.17, 15) is 4.79 Å². The van der Waals surface area contributed by atoms with Gasteiger partial charge in [-0.1, -0.05) is 25.1 Å². The van der Waals surface area contributed by atoms with Crippen LogP contribution >= 0.6 is 0 Å². The van der Waals surface area contributed by atoms with Gasteiger partial charge in [0.05, 0.1) is 0 Å². The number of rotatable bonds is 7. The van der Waals surface area contributed by atoms with Crippen LogP contribution in [0.15, 0.2) is 30.3 Å². The van der Waals surface area contributed by atoms with Gasteiger partial charge >= 0.3 is 0 Å². The van der Waals surface area contributed by atoms with Gasteiger partial charge in [0.15, 0.2) is 0 Å². The minimum Gasteiger partial charge on any atom is -0.381 e. The molecule has 4 nitrogen and oxygen atoms in total. The first kappa shape index (κ1) is 13.5. The normalized spacial score (nSPS) is 11.9. The first-order valence-electron chi connectivity index (χ1n) is 6.04. The molecule has 0 aromatic heterocycles. The Balaban J connectivity index is 2.41. The van der Waals surface area contributed by atoms with E-state index >= 15 is 0 Å². The van der Waals surface area contributed by atoms with Crippen LogP contribution in [-0.2, 0) is 4.79 Å². The van der Waals surface area contributed by atoms with Crippen molar-refractivity contribution >= 4 is 11.6 Å². The lowest BCUT2D eigenvalue weighted by Crippen LogP contribution is -2.36. The predicted molar refractivity (Wildman–Crippen MR) is 70.8 cm³/mol. The van der Waals surface area contributed by atoms with Crippen molar-refractivity contribution in [1.29, 1.82) is 0 Å². The first-order valence-corrected chi connectivity index (χ1v) is 6.04. The topological polar surface area (TPSA) is 67.2 Å². The van der Waals surface area contributed by atoms with Crippen molar-refractivity contribution in [3.63, 3.8) is 0 Å². The van der Waals surface area contributed by atoms with Crippen LogP contribution in [0.3, 0.4) is 0 Å². The number of amides is 1. The molecule has 1 aromatic rings. The SMILES string of the molecule is CCCNC(=O)CC(CN)Nc1ccccc1. The minimum atomic E-state index is -0.0192. The van der Waals surface area contributed by atoms with E-state index in [1.807, 2.05) is 37.3 Å². The van der Waals surface area contributed by atoms with Gasteiger partial charge in [0.1, 0.15) is 0 Å². The molecule has 0 aliphatic heterocycles. The highest BCUT2D eigenvalue weighted by Crippen LogP contribution is 2.08. The molecule has 17 heavy (non-hydrogen) atoms. The highest BCUT2D eigenvalue weighted by atomic mass is 16.1. The van der Waals surface area contributed by atoms with Crippen LogP contribution in [0.25, 0.3) is 0 Å². The summed E-state index contributed by atoms with van der Waals surface area (Å²) in [5.41, 5.74) is 6.65. The Morgan fingerprint density at radius 2 is 2.06 bits per heavy atom. The molecule has 1 aromatic carbocycles. The Labute approximate surface area is 103 Å². The molecule has 0 saturated carbocycles. The number of nitrogens with one attached hydrogen (secondary N) is 2. The van der Waals surface area contributed by atoms with Gasteiger partial charge in [0, 0.05) is 31.2 Å². The number of hydrogen-bond acceptors (Lipinski definition) is 3. The molecular weight excluding hydrogens is 214 g/mol.